The fourth-order valence-corrected chi connectivity index (χ4v) is 2.04. The van der Waals surface area contributed by atoms with Crippen molar-refractivity contribution >= 4 is 16.8 Å². The third-order valence-electron chi connectivity index (χ3n) is 2.74. The van der Waals surface area contributed by atoms with Crippen LogP contribution in [0.4, 0.5) is 18.0 Å². The number of hydrogen-bond donors (Lipinski definition) is 2. The summed E-state index contributed by atoms with van der Waals surface area (Å²) in [5.41, 5.74) is -0.927. The van der Waals surface area contributed by atoms with Crippen LogP contribution in [0.25, 0.3) is 0 Å². The molecule has 1 rings (SSSR count). The number of carbonyl (C=O) groups is 1. The van der Waals surface area contributed by atoms with Gasteiger partial charge in [-0.25, -0.2) is 4.79 Å². The lowest BCUT2D eigenvalue weighted by Crippen LogP contribution is -2.37. The molecule has 0 heterocycles. The number of methoxy groups -OCH3 is 1. The molecule has 0 bridgehead atoms. The quantitative estimate of drug-likeness (QED) is 0.832. The van der Waals surface area contributed by atoms with Gasteiger partial charge >= 0.3 is 12.2 Å². The molecule has 1 aromatic carbocycles. The molecule has 0 radical (unpaired) electrons. The van der Waals surface area contributed by atoms with Crippen molar-refractivity contribution in [3.05, 3.63) is 29.3 Å². The highest BCUT2D eigenvalue weighted by molar-refractivity contribution is 7.84. The van der Waals surface area contributed by atoms with Crippen molar-refractivity contribution in [1.29, 1.82) is 0 Å². The van der Waals surface area contributed by atoms with Gasteiger partial charge in [-0.05, 0) is 17.7 Å². The van der Waals surface area contributed by atoms with Gasteiger partial charge in [0.15, 0.2) is 0 Å². The normalized spacial score (nSPS) is 12.6. The smallest absolute Gasteiger partial charge is 0.416 e. The highest BCUT2D eigenvalue weighted by atomic mass is 32.2. The predicted octanol–water partition coefficient (Wildman–Crippen LogP) is 1.89. The Morgan fingerprint density at radius 2 is 2.00 bits per heavy atom. The van der Waals surface area contributed by atoms with Crippen LogP contribution in [0, 0.1) is 0 Å². The van der Waals surface area contributed by atoms with E-state index in [4.69, 9.17) is 4.74 Å². The van der Waals surface area contributed by atoms with E-state index in [1.165, 1.54) is 25.5 Å². The van der Waals surface area contributed by atoms with Crippen LogP contribution < -0.4 is 15.4 Å². The van der Waals surface area contributed by atoms with Gasteiger partial charge in [0.05, 0.1) is 12.7 Å². The highest BCUT2D eigenvalue weighted by Gasteiger charge is 2.33. The molecule has 0 spiro atoms. The molecule has 9 heteroatoms. The molecule has 1 unspecified atom stereocenters. The molecule has 2 N–H and O–H groups in total. The molecule has 1 atom stereocenters. The van der Waals surface area contributed by atoms with Crippen molar-refractivity contribution < 1.29 is 26.9 Å². The Morgan fingerprint density at radius 1 is 1.32 bits per heavy atom. The van der Waals surface area contributed by atoms with Gasteiger partial charge in [0.1, 0.15) is 5.75 Å². The van der Waals surface area contributed by atoms with Crippen LogP contribution in [0.1, 0.15) is 11.1 Å². The lowest BCUT2D eigenvalue weighted by atomic mass is 10.1. The molecule has 2 amide bonds. The Hall–Kier alpha value is -1.77. The molecule has 124 valence electrons. The molecule has 22 heavy (non-hydrogen) atoms. The minimum absolute atomic E-state index is 0.0671. The summed E-state index contributed by atoms with van der Waals surface area (Å²) in [6, 6.07) is 2.91. The van der Waals surface area contributed by atoms with Crippen LogP contribution in [-0.2, 0) is 23.5 Å². The topological polar surface area (TPSA) is 67.4 Å². The summed E-state index contributed by atoms with van der Waals surface area (Å²) >= 11 is 0. The maximum Gasteiger partial charge on any atom is 0.416 e. The van der Waals surface area contributed by atoms with E-state index in [2.05, 4.69) is 10.6 Å². The summed E-state index contributed by atoms with van der Waals surface area (Å²) in [6.07, 6.45) is -3.05. The molecule has 0 saturated carbocycles. The van der Waals surface area contributed by atoms with Gasteiger partial charge in [0, 0.05) is 35.9 Å². The fourth-order valence-electron chi connectivity index (χ4n) is 1.65. The van der Waals surface area contributed by atoms with Crippen LogP contribution in [0.2, 0.25) is 0 Å². The van der Waals surface area contributed by atoms with Crippen molar-refractivity contribution in [1.82, 2.24) is 10.6 Å². The molecular weight excluding hydrogens is 321 g/mol. The summed E-state index contributed by atoms with van der Waals surface area (Å²) in [5, 5.41) is 4.75. The van der Waals surface area contributed by atoms with Crippen molar-refractivity contribution in [3.8, 4) is 5.75 Å². The van der Waals surface area contributed by atoms with Gasteiger partial charge in [0.2, 0.25) is 0 Å². The first-order valence-corrected chi connectivity index (χ1v) is 8.02. The van der Waals surface area contributed by atoms with E-state index in [-0.39, 0.29) is 30.2 Å². The van der Waals surface area contributed by atoms with Gasteiger partial charge in [-0.1, -0.05) is 6.07 Å². The second-order valence-electron chi connectivity index (χ2n) is 4.41. The minimum atomic E-state index is -4.54. The maximum atomic E-state index is 13.0. The number of ether oxygens (including phenoxy) is 1. The van der Waals surface area contributed by atoms with Crippen LogP contribution in [0.15, 0.2) is 18.2 Å². The van der Waals surface area contributed by atoms with Crippen molar-refractivity contribution in [2.45, 2.75) is 12.7 Å². The first-order chi connectivity index (χ1) is 10.2. The molecule has 5 nitrogen and oxygen atoms in total. The minimum Gasteiger partial charge on any atom is -0.497 e. The Labute approximate surface area is 128 Å². The monoisotopic (exact) mass is 338 g/mol. The van der Waals surface area contributed by atoms with E-state index in [9.17, 15) is 22.2 Å². The van der Waals surface area contributed by atoms with Gasteiger partial charge in [-0.15, -0.1) is 0 Å². The number of hydrogen-bond acceptors (Lipinski definition) is 3. The van der Waals surface area contributed by atoms with Crippen molar-refractivity contribution in [2.24, 2.45) is 0 Å². The number of carbonyl (C=O) groups excluding carboxylic acids is 1. The summed E-state index contributed by atoms with van der Waals surface area (Å²) in [4.78, 5) is 11.5. The number of nitrogens with one attached hydrogen (secondary N) is 2. The Bertz CT molecular complexity index is 550. The Kier molecular flexibility index (Phi) is 6.66. The average molecular weight is 338 g/mol. The van der Waals surface area contributed by atoms with Gasteiger partial charge < -0.3 is 15.4 Å². The van der Waals surface area contributed by atoms with Crippen LogP contribution in [-0.4, -0.2) is 35.9 Å². The largest absolute Gasteiger partial charge is 0.497 e. The first-order valence-electron chi connectivity index (χ1n) is 6.30. The Morgan fingerprint density at radius 3 is 2.55 bits per heavy atom. The molecule has 0 aromatic heterocycles. The number of halogens is 3. The second-order valence-corrected chi connectivity index (χ2v) is 5.96. The molecule has 0 aliphatic rings. The van der Waals surface area contributed by atoms with E-state index in [1.54, 1.807) is 0 Å². The number of urea groups is 1. The Balaban J connectivity index is 2.69. The zero-order valence-corrected chi connectivity index (χ0v) is 12.9. The van der Waals surface area contributed by atoms with E-state index in [0.717, 1.165) is 6.07 Å². The third-order valence-corrected chi connectivity index (χ3v) is 3.52. The molecule has 0 saturated heterocycles. The maximum absolute atomic E-state index is 13.0. The standard InChI is InChI=1S/C13H17F3N2O3S/c1-21-10-4-3-9(11(7-10)13(14,15)16)8-18-12(19)17-5-6-22(2)20/h3-4,7H,5-6,8H2,1-2H3,(H2,17,18,19). The number of benzene rings is 1. The third kappa shape index (κ3) is 5.92. The average Bonchev–Trinajstić information content (AvgIpc) is 2.43. The number of rotatable bonds is 6. The highest BCUT2D eigenvalue weighted by Crippen LogP contribution is 2.34. The first kappa shape index (κ1) is 18.3. The van der Waals surface area contributed by atoms with E-state index < -0.39 is 28.6 Å². The van der Waals surface area contributed by atoms with Gasteiger partial charge in [-0.3, -0.25) is 4.21 Å². The lowest BCUT2D eigenvalue weighted by molar-refractivity contribution is -0.138. The molecule has 0 fully saturated rings. The van der Waals surface area contributed by atoms with Gasteiger partial charge in [0.25, 0.3) is 0 Å². The van der Waals surface area contributed by atoms with E-state index in [0.29, 0.717) is 0 Å². The van der Waals surface area contributed by atoms with Crippen LogP contribution in [0.5, 0.6) is 5.75 Å². The summed E-state index contributed by atoms with van der Waals surface area (Å²) < 4.78 is 54.5. The zero-order chi connectivity index (χ0) is 16.8. The molecular formula is C13H17F3N2O3S. The number of amides is 2. The zero-order valence-electron chi connectivity index (χ0n) is 12.1. The SMILES string of the molecule is COc1ccc(CNC(=O)NCCS(C)=O)c(C(F)(F)F)c1. The van der Waals surface area contributed by atoms with Crippen LogP contribution in [0.3, 0.4) is 0 Å². The molecule has 0 aliphatic heterocycles. The summed E-state index contributed by atoms with van der Waals surface area (Å²) in [6.45, 7) is -0.0937. The van der Waals surface area contributed by atoms with Crippen molar-refractivity contribution in [2.75, 3.05) is 25.7 Å². The summed E-state index contributed by atoms with van der Waals surface area (Å²) in [7, 11) is 0.230. The van der Waals surface area contributed by atoms with Crippen molar-refractivity contribution in [3.63, 3.8) is 0 Å². The molecule has 0 aliphatic carbocycles. The molecule has 1 aromatic rings. The lowest BCUT2D eigenvalue weighted by Gasteiger charge is -2.15. The second kappa shape index (κ2) is 8.02. The van der Waals surface area contributed by atoms with Crippen LogP contribution >= 0.6 is 0 Å². The van der Waals surface area contributed by atoms with E-state index in [1.807, 2.05) is 0 Å². The van der Waals surface area contributed by atoms with Gasteiger partial charge in [-0.2, -0.15) is 13.2 Å². The fraction of sp³-hybridized carbons (Fsp3) is 0.462. The number of alkyl halides is 3. The van der Waals surface area contributed by atoms with E-state index >= 15 is 0 Å². The summed E-state index contributed by atoms with van der Waals surface area (Å²) in [5.74, 6) is 0.370. The predicted molar refractivity (Wildman–Crippen MR) is 77.2 cm³/mol.